The first kappa shape index (κ1) is 17.6. The molecular formula is C19H24N2O4. The van der Waals surface area contributed by atoms with E-state index in [2.05, 4.69) is 5.32 Å². The largest absolute Gasteiger partial charge is 0.465 e. The number of carbonyl (C=O) groups excluding carboxylic acids is 3. The Labute approximate surface area is 147 Å². The second kappa shape index (κ2) is 6.26. The molecule has 4 unspecified atom stereocenters. The minimum absolute atomic E-state index is 0.216. The lowest BCUT2D eigenvalue weighted by atomic mass is 9.80. The van der Waals surface area contributed by atoms with Crippen LogP contribution in [-0.2, 0) is 19.1 Å². The van der Waals surface area contributed by atoms with Crippen molar-refractivity contribution in [3.63, 3.8) is 0 Å². The predicted molar refractivity (Wildman–Crippen MR) is 91.5 cm³/mol. The molecule has 0 aliphatic carbocycles. The highest BCUT2D eigenvalue weighted by atomic mass is 16.5. The molecule has 0 radical (unpaired) electrons. The second-order valence-electron chi connectivity index (χ2n) is 6.83. The SMILES string of the molecule is CCOC(=O)C1(C)NC(c2ccccc2C)C2C(=O)N(CC)C(=O)C21. The summed E-state index contributed by atoms with van der Waals surface area (Å²) < 4.78 is 5.22. The third-order valence-corrected chi connectivity index (χ3v) is 5.42. The van der Waals surface area contributed by atoms with Gasteiger partial charge in [-0.2, -0.15) is 0 Å². The lowest BCUT2D eigenvalue weighted by Gasteiger charge is -2.29. The second-order valence-corrected chi connectivity index (χ2v) is 6.83. The van der Waals surface area contributed by atoms with Gasteiger partial charge in [0.2, 0.25) is 11.8 Å². The van der Waals surface area contributed by atoms with Crippen LogP contribution >= 0.6 is 0 Å². The normalized spacial score (nSPS) is 31.4. The zero-order valence-electron chi connectivity index (χ0n) is 15.0. The summed E-state index contributed by atoms with van der Waals surface area (Å²) in [6, 6.07) is 7.33. The van der Waals surface area contributed by atoms with E-state index >= 15 is 0 Å². The van der Waals surface area contributed by atoms with Crippen LogP contribution in [0, 0.1) is 18.8 Å². The van der Waals surface area contributed by atoms with E-state index in [1.807, 2.05) is 31.2 Å². The van der Waals surface area contributed by atoms with Crippen LogP contribution in [0.25, 0.3) is 0 Å². The molecule has 1 aromatic rings. The number of likely N-dealkylation sites (tertiary alicyclic amines) is 1. The summed E-state index contributed by atoms with van der Waals surface area (Å²) in [6.07, 6.45) is 0. The molecular weight excluding hydrogens is 320 g/mol. The number of carbonyl (C=O) groups is 3. The van der Waals surface area contributed by atoms with Crippen LogP contribution in [-0.4, -0.2) is 41.4 Å². The van der Waals surface area contributed by atoms with Gasteiger partial charge in [-0.15, -0.1) is 0 Å². The van der Waals surface area contributed by atoms with Crippen molar-refractivity contribution in [1.29, 1.82) is 0 Å². The van der Waals surface area contributed by atoms with Crippen molar-refractivity contribution in [2.24, 2.45) is 11.8 Å². The zero-order chi connectivity index (χ0) is 18.4. The third-order valence-electron chi connectivity index (χ3n) is 5.42. The average molecular weight is 344 g/mol. The molecule has 1 aromatic carbocycles. The molecule has 0 saturated carbocycles. The van der Waals surface area contributed by atoms with Gasteiger partial charge in [0.25, 0.3) is 0 Å². The van der Waals surface area contributed by atoms with Gasteiger partial charge in [-0.05, 0) is 38.8 Å². The summed E-state index contributed by atoms with van der Waals surface area (Å²) >= 11 is 0. The minimum atomic E-state index is -1.22. The number of imide groups is 1. The van der Waals surface area contributed by atoms with Gasteiger partial charge in [0.15, 0.2) is 0 Å². The lowest BCUT2D eigenvalue weighted by molar-refractivity contribution is -0.155. The molecule has 6 heteroatoms. The number of benzene rings is 1. The molecule has 2 aliphatic rings. The van der Waals surface area contributed by atoms with Gasteiger partial charge < -0.3 is 4.74 Å². The van der Waals surface area contributed by atoms with Crippen LogP contribution < -0.4 is 5.32 Å². The molecule has 6 nitrogen and oxygen atoms in total. The molecule has 2 heterocycles. The van der Waals surface area contributed by atoms with Gasteiger partial charge in [0, 0.05) is 12.6 Å². The number of hydrogen-bond donors (Lipinski definition) is 1. The summed E-state index contributed by atoms with van der Waals surface area (Å²) in [7, 11) is 0. The van der Waals surface area contributed by atoms with Gasteiger partial charge in [-0.25, -0.2) is 0 Å². The molecule has 4 atom stereocenters. The monoisotopic (exact) mass is 344 g/mol. The van der Waals surface area contributed by atoms with Crippen LogP contribution in [0.1, 0.15) is 37.9 Å². The summed E-state index contributed by atoms with van der Waals surface area (Å²) in [4.78, 5) is 39.7. The maximum atomic E-state index is 12.9. The first-order valence-corrected chi connectivity index (χ1v) is 8.72. The number of fused-ring (bicyclic) bond motifs is 1. The van der Waals surface area contributed by atoms with E-state index in [9.17, 15) is 14.4 Å². The minimum Gasteiger partial charge on any atom is -0.465 e. The molecule has 0 bridgehead atoms. The highest BCUT2D eigenvalue weighted by molar-refractivity contribution is 6.09. The Morgan fingerprint density at radius 2 is 1.92 bits per heavy atom. The molecule has 0 spiro atoms. The quantitative estimate of drug-likeness (QED) is 0.663. The fraction of sp³-hybridized carbons (Fsp3) is 0.526. The maximum Gasteiger partial charge on any atom is 0.326 e. The van der Waals surface area contributed by atoms with Crippen LogP contribution in [0.5, 0.6) is 0 Å². The van der Waals surface area contributed by atoms with E-state index < -0.39 is 29.4 Å². The van der Waals surface area contributed by atoms with Crippen molar-refractivity contribution in [2.75, 3.05) is 13.2 Å². The van der Waals surface area contributed by atoms with Crippen LogP contribution in [0.3, 0.4) is 0 Å². The van der Waals surface area contributed by atoms with Gasteiger partial charge in [-0.1, -0.05) is 24.3 Å². The highest BCUT2D eigenvalue weighted by Crippen LogP contribution is 2.49. The van der Waals surface area contributed by atoms with Crippen LogP contribution in [0.4, 0.5) is 0 Å². The first-order valence-electron chi connectivity index (χ1n) is 8.72. The fourth-order valence-electron chi connectivity index (χ4n) is 4.18. The number of rotatable bonds is 4. The molecule has 2 amide bonds. The summed E-state index contributed by atoms with van der Waals surface area (Å²) in [6.45, 7) is 7.67. The molecule has 2 fully saturated rings. The lowest BCUT2D eigenvalue weighted by Crippen LogP contribution is -2.54. The molecule has 0 aromatic heterocycles. The summed E-state index contributed by atoms with van der Waals surface area (Å²) in [5.41, 5.74) is 0.733. The number of amides is 2. The van der Waals surface area contributed by atoms with Gasteiger partial charge in [0.05, 0.1) is 18.4 Å². The highest BCUT2D eigenvalue weighted by Gasteiger charge is 2.66. The molecule has 25 heavy (non-hydrogen) atoms. The van der Waals surface area contributed by atoms with Crippen molar-refractivity contribution in [2.45, 2.75) is 39.3 Å². The van der Waals surface area contributed by atoms with Crippen molar-refractivity contribution in [3.05, 3.63) is 35.4 Å². The fourth-order valence-corrected chi connectivity index (χ4v) is 4.18. The van der Waals surface area contributed by atoms with E-state index in [4.69, 9.17) is 4.74 Å². The van der Waals surface area contributed by atoms with Gasteiger partial charge in [0.1, 0.15) is 5.54 Å². The van der Waals surface area contributed by atoms with Crippen molar-refractivity contribution in [1.82, 2.24) is 10.2 Å². The molecule has 1 N–H and O–H groups in total. The number of esters is 1. The van der Waals surface area contributed by atoms with Crippen LogP contribution in [0.2, 0.25) is 0 Å². The van der Waals surface area contributed by atoms with Crippen molar-refractivity contribution < 1.29 is 19.1 Å². The molecule has 134 valence electrons. The van der Waals surface area contributed by atoms with Gasteiger partial charge >= 0.3 is 5.97 Å². The predicted octanol–water partition coefficient (Wildman–Crippen LogP) is 1.58. The van der Waals surface area contributed by atoms with Crippen LogP contribution in [0.15, 0.2) is 24.3 Å². The smallest absolute Gasteiger partial charge is 0.326 e. The number of hydrogen-bond acceptors (Lipinski definition) is 5. The Morgan fingerprint density at radius 3 is 2.52 bits per heavy atom. The number of aryl methyl sites for hydroxylation is 1. The maximum absolute atomic E-state index is 12.9. The Bertz CT molecular complexity index is 732. The summed E-state index contributed by atoms with van der Waals surface area (Å²) in [5, 5.41) is 3.27. The van der Waals surface area contributed by atoms with E-state index in [1.165, 1.54) is 4.90 Å². The molecule has 2 aliphatic heterocycles. The van der Waals surface area contributed by atoms with Crippen molar-refractivity contribution >= 4 is 17.8 Å². The van der Waals surface area contributed by atoms with E-state index in [0.29, 0.717) is 6.54 Å². The molecule has 2 saturated heterocycles. The Morgan fingerprint density at radius 1 is 1.24 bits per heavy atom. The number of nitrogens with one attached hydrogen (secondary N) is 1. The molecule has 3 rings (SSSR count). The Hall–Kier alpha value is -2.21. The van der Waals surface area contributed by atoms with E-state index in [0.717, 1.165) is 11.1 Å². The zero-order valence-corrected chi connectivity index (χ0v) is 15.0. The topological polar surface area (TPSA) is 75.7 Å². The van der Waals surface area contributed by atoms with E-state index in [1.54, 1.807) is 20.8 Å². The standard InChI is InChI=1S/C19H24N2O4/c1-5-21-16(22)13-14(17(21)23)19(4,18(24)25-6-2)20-15(13)12-10-8-7-9-11(12)3/h7-10,13-15,20H,5-6H2,1-4H3. The Kier molecular flexibility index (Phi) is 4.41. The van der Waals surface area contributed by atoms with Crippen molar-refractivity contribution in [3.8, 4) is 0 Å². The Balaban J connectivity index is 2.11. The van der Waals surface area contributed by atoms with Gasteiger partial charge in [-0.3, -0.25) is 24.6 Å². The summed E-state index contributed by atoms with van der Waals surface area (Å²) in [5.74, 6) is -2.34. The number of nitrogens with zero attached hydrogens (tertiary/aromatic N) is 1. The number of ether oxygens (including phenoxy) is 1. The third kappa shape index (κ3) is 2.47. The van der Waals surface area contributed by atoms with E-state index in [-0.39, 0.29) is 18.4 Å². The first-order chi connectivity index (χ1) is 11.9. The average Bonchev–Trinajstić information content (AvgIpc) is 3.03.